The van der Waals surface area contributed by atoms with E-state index < -0.39 is 0 Å². The fraction of sp³-hybridized carbons (Fsp3) is 0.167. The van der Waals surface area contributed by atoms with Crippen LogP contribution < -0.4 is 11.1 Å². The predicted molar refractivity (Wildman–Crippen MR) is 90.2 cm³/mol. The van der Waals surface area contributed by atoms with Gasteiger partial charge in [-0.3, -0.25) is 4.79 Å². The smallest absolute Gasteiger partial charge is 0.253 e. The van der Waals surface area contributed by atoms with E-state index >= 15 is 0 Å². The lowest BCUT2D eigenvalue weighted by Gasteiger charge is -2.17. The molecule has 1 aliphatic rings. The molecule has 0 unspecified atom stereocenters. The van der Waals surface area contributed by atoms with E-state index in [1.165, 1.54) is 5.56 Å². The van der Waals surface area contributed by atoms with Crippen molar-refractivity contribution < 1.29 is 4.79 Å². The van der Waals surface area contributed by atoms with Crippen LogP contribution in [0, 0.1) is 0 Å². The van der Waals surface area contributed by atoms with Gasteiger partial charge in [0, 0.05) is 15.5 Å². The van der Waals surface area contributed by atoms with Gasteiger partial charge >= 0.3 is 0 Å². The van der Waals surface area contributed by atoms with Crippen molar-refractivity contribution in [2.75, 3.05) is 0 Å². The molecule has 3 nitrogen and oxygen atoms in total. The molecule has 3 N–H and O–H groups in total. The molecular formula is C18H16N2OS. The monoisotopic (exact) mass is 308 g/mol. The van der Waals surface area contributed by atoms with Crippen molar-refractivity contribution in [3.05, 3.63) is 70.6 Å². The van der Waals surface area contributed by atoms with Crippen LogP contribution >= 0.6 is 11.3 Å². The second-order valence-corrected chi connectivity index (χ2v) is 6.57. The van der Waals surface area contributed by atoms with E-state index in [1.807, 2.05) is 47.8 Å². The molecule has 0 aliphatic heterocycles. The third-order valence-corrected chi connectivity index (χ3v) is 5.29. The Morgan fingerprint density at radius 2 is 1.91 bits per heavy atom. The molecular weight excluding hydrogens is 292 g/mol. The lowest BCUT2D eigenvalue weighted by molar-refractivity contribution is 0.0935. The van der Waals surface area contributed by atoms with Gasteiger partial charge in [-0.25, -0.2) is 0 Å². The van der Waals surface area contributed by atoms with E-state index in [9.17, 15) is 4.79 Å². The summed E-state index contributed by atoms with van der Waals surface area (Å²) in [5.74, 6) is -0.0364. The van der Waals surface area contributed by atoms with Gasteiger partial charge in [0.25, 0.3) is 5.91 Å². The van der Waals surface area contributed by atoms with Crippen molar-refractivity contribution >= 4 is 27.3 Å². The molecule has 3 aromatic rings. The van der Waals surface area contributed by atoms with Gasteiger partial charge in [-0.2, -0.15) is 0 Å². The quantitative estimate of drug-likeness (QED) is 0.763. The summed E-state index contributed by atoms with van der Waals surface area (Å²) in [5, 5.41) is 6.05. The minimum absolute atomic E-state index is 0.0364. The molecule has 1 heterocycles. The number of carbonyl (C=O) groups excluding carboxylic acids is 1. The summed E-state index contributed by atoms with van der Waals surface area (Å²) >= 11 is 1.60. The van der Waals surface area contributed by atoms with Gasteiger partial charge in [0.1, 0.15) is 0 Å². The molecule has 4 rings (SSSR count). The van der Waals surface area contributed by atoms with Gasteiger partial charge in [-0.05, 0) is 23.6 Å². The summed E-state index contributed by atoms with van der Waals surface area (Å²) in [6.45, 7) is 0. The number of thiophene rings is 1. The summed E-state index contributed by atoms with van der Waals surface area (Å²) in [6.07, 6.45) is 0.797. The number of carbonyl (C=O) groups is 1. The van der Waals surface area contributed by atoms with Gasteiger partial charge in [0.2, 0.25) is 0 Å². The molecule has 0 spiro atoms. The first kappa shape index (κ1) is 13.5. The fourth-order valence-electron chi connectivity index (χ4n) is 3.17. The van der Waals surface area contributed by atoms with Crippen LogP contribution in [0.5, 0.6) is 0 Å². The van der Waals surface area contributed by atoms with E-state index in [2.05, 4.69) is 11.4 Å². The minimum atomic E-state index is -0.134. The first-order valence-electron chi connectivity index (χ1n) is 7.34. The summed E-state index contributed by atoms with van der Waals surface area (Å²) in [7, 11) is 0. The average molecular weight is 308 g/mol. The standard InChI is InChI=1S/C18H16N2OS/c19-17-12-6-2-1-5-11(12)9-15(17)20-18(21)14-10-22-16-8-4-3-7-13(14)16/h1-8,10,15,17H,9,19H2,(H,20,21)/t15-,17-/m1/s1. The van der Waals surface area contributed by atoms with E-state index in [0.29, 0.717) is 0 Å². The number of hydrogen-bond donors (Lipinski definition) is 2. The lowest BCUT2D eigenvalue weighted by atomic mass is 10.1. The third kappa shape index (κ3) is 2.12. The molecule has 2 atom stereocenters. The topological polar surface area (TPSA) is 55.1 Å². The summed E-state index contributed by atoms with van der Waals surface area (Å²) < 4.78 is 1.13. The van der Waals surface area contributed by atoms with E-state index in [1.54, 1.807) is 11.3 Å². The Hall–Kier alpha value is -2.17. The van der Waals surface area contributed by atoms with Gasteiger partial charge in [0.15, 0.2) is 0 Å². The second kappa shape index (κ2) is 5.23. The number of fused-ring (bicyclic) bond motifs is 2. The van der Waals surface area contributed by atoms with Crippen molar-refractivity contribution in [1.82, 2.24) is 5.32 Å². The highest BCUT2D eigenvalue weighted by atomic mass is 32.1. The Morgan fingerprint density at radius 1 is 1.14 bits per heavy atom. The number of amides is 1. The molecule has 22 heavy (non-hydrogen) atoms. The Balaban J connectivity index is 1.59. The van der Waals surface area contributed by atoms with E-state index in [-0.39, 0.29) is 18.0 Å². The molecule has 2 aromatic carbocycles. The van der Waals surface area contributed by atoms with Gasteiger partial charge < -0.3 is 11.1 Å². The van der Waals surface area contributed by atoms with Gasteiger partial charge in [0.05, 0.1) is 17.6 Å². The zero-order chi connectivity index (χ0) is 15.1. The highest BCUT2D eigenvalue weighted by Gasteiger charge is 2.30. The van der Waals surface area contributed by atoms with Crippen LogP contribution in [0.15, 0.2) is 53.9 Å². The minimum Gasteiger partial charge on any atom is -0.347 e. The maximum atomic E-state index is 12.6. The van der Waals surface area contributed by atoms with Crippen LogP contribution in [0.2, 0.25) is 0 Å². The Morgan fingerprint density at radius 3 is 2.77 bits per heavy atom. The molecule has 110 valence electrons. The second-order valence-electron chi connectivity index (χ2n) is 5.65. The molecule has 0 radical (unpaired) electrons. The Bertz CT molecular complexity index is 855. The van der Waals surface area contributed by atoms with E-state index in [4.69, 9.17) is 5.73 Å². The van der Waals surface area contributed by atoms with Crippen LogP contribution in [0.1, 0.15) is 27.5 Å². The summed E-state index contributed by atoms with van der Waals surface area (Å²) in [5.41, 5.74) is 9.41. The third-order valence-electron chi connectivity index (χ3n) is 4.33. The van der Waals surface area contributed by atoms with Gasteiger partial charge in [-0.1, -0.05) is 42.5 Å². The number of nitrogens with two attached hydrogens (primary N) is 1. The Kier molecular flexibility index (Phi) is 3.21. The van der Waals surface area contributed by atoms with Crippen molar-refractivity contribution in [3.63, 3.8) is 0 Å². The highest BCUT2D eigenvalue weighted by Crippen LogP contribution is 2.30. The molecule has 1 aliphatic carbocycles. The van der Waals surface area contributed by atoms with Gasteiger partial charge in [-0.15, -0.1) is 11.3 Å². The van der Waals surface area contributed by atoms with Crippen molar-refractivity contribution in [2.45, 2.75) is 18.5 Å². The average Bonchev–Trinajstić information content (AvgIpc) is 3.10. The lowest BCUT2D eigenvalue weighted by Crippen LogP contribution is -2.40. The summed E-state index contributed by atoms with van der Waals surface area (Å²) in [6, 6.07) is 15.9. The maximum absolute atomic E-state index is 12.6. The number of benzene rings is 2. The molecule has 0 saturated heterocycles. The maximum Gasteiger partial charge on any atom is 0.253 e. The molecule has 0 saturated carbocycles. The molecule has 1 aromatic heterocycles. The predicted octanol–water partition coefficient (Wildman–Crippen LogP) is 3.26. The van der Waals surface area contributed by atoms with Crippen LogP contribution in [-0.2, 0) is 6.42 Å². The van der Waals surface area contributed by atoms with Crippen LogP contribution in [0.3, 0.4) is 0 Å². The fourth-order valence-corrected chi connectivity index (χ4v) is 4.11. The van der Waals surface area contributed by atoms with Crippen molar-refractivity contribution in [1.29, 1.82) is 0 Å². The van der Waals surface area contributed by atoms with Crippen LogP contribution in [0.25, 0.3) is 10.1 Å². The first-order chi connectivity index (χ1) is 10.7. The molecule has 0 bridgehead atoms. The normalized spacial score (nSPS) is 20.0. The van der Waals surface area contributed by atoms with Crippen LogP contribution in [0.4, 0.5) is 0 Å². The zero-order valence-corrected chi connectivity index (χ0v) is 12.8. The number of rotatable bonds is 2. The largest absolute Gasteiger partial charge is 0.347 e. The SMILES string of the molecule is N[C@@H]1c2ccccc2C[C@H]1NC(=O)c1csc2ccccc12. The van der Waals surface area contributed by atoms with Crippen molar-refractivity contribution in [3.8, 4) is 0 Å². The highest BCUT2D eigenvalue weighted by molar-refractivity contribution is 7.17. The Labute approximate surface area is 132 Å². The van der Waals surface area contributed by atoms with Crippen LogP contribution in [-0.4, -0.2) is 11.9 Å². The number of hydrogen-bond acceptors (Lipinski definition) is 3. The first-order valence-corrected chi connectivity index (χ1v) is 8.22. The van der Waals surface area contributed by atoms with E-state index in [0.717, 1.165) is 27.6 Å². The zero-order valence-electron chi connectivity index (χ0n) is 12.0. The van der Waals surface area contributed by atoms with Crippen molar-refractivity contribution in [2.24, 2.45) is 5.73 Å². The summed E-state index contributed by atoms with van der Waals surface area (Å²) in [4.78, 5) is 12.6. The molecule has 1 amide bonds. The molecule has 4 heteroatoms. The number of nitrogens with one attached hydrogen (secondary N) is 1. The molecule has 0 fully saturated rings.